The summed E-state index contributed by atoms with van der Waals surface area (Å²) in [6.07, 6.45) is 1.45. The first-order valence-electron chi connectivity index (χ1n) is 9.45. The van der Waals surface area contributed by atoms with E-state index in [4.69, 9.17) is 9.47 Å². The van der Waals surface area contributed by atoms with Crippen LogP contribution in [0.15, 0.2) is 40.4 Å². The van der Waals surface area contributed by atoms with Crippen LogP contribution in [0.2, 0.25) is 0 Å². The van der Waals surface area contributed by atoms with Crippen molar-refractivity contribution in [2.45, 2.75) is 20.8 Å². The zero-order valence-electron chi connectivity index (χ0n) is 17.7. The summed E-state index contributed by atoms with van der Waals surface area (Å²) in [5, 5.41) is 12.3. The maximum absolute atomic E-state index is 12.7. The van der Waals surface area contributed by atoms with Crippen LogP contribution in [0.5, 0.6) is 11.5 Å². The van der Waals surface area contributed by atoms with E-state index in [1.165, 1.54) is 13.2 Å². The van der Waals surface area contributed by atoms with Gasteiger partial charge in [0.15, 0.2) is 18.1 Å². The predicted molar refractivity (Wildman–Crippen MR) is 121 cm³/mol. The van der Waals surface area contributed by atoms with Gasteiger partial charge in [-0.3, -0.25) is 4.79 Å². The van der Waals surface area contributed by atoms with Crippen molar-refractivity contribution >= 4 is 39.6 Å². The zero-order chi connectivity index (χ0) is 23.0. The number of anilines is 1. The van der Waals surface area contributed by atoms with Gasteiger partial charge in [-0.2, -0.15) is 5.26 Å². The van der Waals surface area contributed by atoms with E-state index in [-0.39, 0.29) is 12.2 Å². The van der Waals surface area contributed by atoms with Crippen LogP contribution < -0.4 is 14.8 Å². The number of benzene rings is 2. The minimum absolute atomic E-state index is 0.0775. The molecule has 31 heavy (non-hydrogen) atoms. The first-order valence-corrected chi connectivity index (χ1v) is 10.2. The number of aryl methyl sites for hydroxylation is 2. The Kier molecular flexibility index (Phi) is 8.64. The summed E-state index contributed by atoms with van der Waals surface area (Å²) in [6, 6.07) is 10.8. The fourth-order valence-corrected chi connectivity index (χ4v) is 3.12. The molecule has 0 saturated carbocycles. The van der Waals surface area contributed by atoms with E-state index in [1.54, 1.807) is 25.1 Å². The highest BCUT2D eigenvalue weighted by atomic mass is 79.9. The van der Waals surface area contributed by atoms with Gasteiger partial charge in [-0.15, -0.1) is 0 Å². The SMILES string of the molecule is CCOc1cc(/C=C(\C#N)C(=O)Nc2ccc(C)cc2C)c(Br)cc1OCC(=O)OC. The summed E-state index contributed by atoms with van der Waals surface area (Å²) in [7, 11) is 1.27. The van der Waals surface area contributed by atoms with Crippen LogP contribution in [0.25, 0.3) is 6.08 Å². The zero-order valence-corrected chi connectivity index (χ0v) is 19.3. The maximum Gasteiger partial charge on any atom is 0.343 e. The molecule has 0 unspecified atom stereocenters. The lowest BCUT2D eigenvalue weighted by molar-refractivity contribution is -0.142. The van der Waals surface area contributed by atoms with E-state index in [9.17, 15) is 14.9 Å². The minimum atomic E-state index is -0.530. The molecule has 0 bridgehead atoms. The quantitative estimate of drug-likeness (QED) is 0.333. The number of halogens is 1. The van der Waals surface area contributed by atoms with Gasteiger partial charge in [-0.1, -0.05) is 33.6 Å². The van der Waals surface area contributed by atoms with Crippen LogP contribution in [-0.2, 0) is 14.3 Å². The molecular formula is C23H23BrN2O5. The summed E-state index contributed by atoms with van der Waals surface area (Å²) in [5.74, 6) is -0.356. The predicted octanol–water partition coefficient (Wildman–Crippen LogP) is 4.56. The number of methoxy groups -OCH3 is 1. The molecule has 162 valence electrons. The van der Waals surface area contributed by atoms with Gasteiger partial charge in [0.1, 0.15) is 11.6 Å². The van der Waals surface area contributed by atoms with Gasteiger partial charge in [0.25, 0.3) is 5.91 Å². The molecule has 0 fully saturated rings. The molecular weight excluding hydrogens is 464 g/mol. The Morgan fingerprint density at radius 3 is 2.48 bits per heavy atom. The number of nitrogens with zero attached hydrogens (tertiary/aromatic N) is 1. The topological polar surface area (TPSA) is 97.6 Å². The van der Waals surface area contributed by atoms with Gasteiger partial charge in [-0.25, -0.2) is 4.79 Å². The fraction of sp³-hybridized carbons (Fsp3) is 0.261. The third-order valence-corrected chi connectivity index (χ3v) is 4.92. The first-order chi connectivity index (χ1) is 14.8. The molecule has 0 spiro atoms. The summed E-state index contributed by atoms with van der Waals surface area (Å²) in [4.78, 5) is 24.0. The Labute approximate surface area is 189 Å². The molecule has 1 N–H and O–H groups in total. The van der Waals surface area contributed by atoms with Crippen molar-refractivity contribution in [3.8, 4) is 17.6 Å². The largest absolute Gasteiger partial charge is 0.490 e. The molecule has 0 saturated heterocycles. The van der Waals surface area contributed by atoms with Crippen LogP contribution in [-0.4, -0.2) is 32.2 Å². The summed E-state index contributed by atoms with van der Waals surface area (Å²) in [6.45, 7) is 5.74. The summed E-state index contributed by atoms with van der Waals surface area (Å²) >= 11 is 3.41. The molecule has 2 rings (SSSR count). The molecule has 0 aliphatic rings. The van der Waals surface area contributed by atoms with E-state index < -0.39 is 11.9 Å². The number of nitrogens with one attached hydrogen (secondary N) is 1. The number of hydrogen-bond acceptors (Lipinski definition) is 6. The van der Waals surface area contributed by atoms with Crippen LogP contribution in [0.3, 0.4) is 0 Å². The third kappa shape index (κ3) is 6.59. The number of rotatable bonds is 8. The third-order valence-electron chi connectivity index (χ3n) is 4.23. The molecule has 2 aromatic rings. The second-order valence-corrected chi connectivity index (χ2v) is 7.41. The van der Waals surface area contributed by atoms with Crippen molar-refractivity contribution in [1.82, 2.24) is 0 Å². The highest BCUT2D eigenvalue weighted by Crippen LogP contribution is 2.35. The molecule has 0 aliphatic carbocycles. The highest BCUT2D eigenvalue weighted by molar-refractivity contribution is 9.10. The number of carbonyl (C=O) groups excluding carboxylic acids is 2. The van der Waals surface area contributed by atoms with Crippen molar-refractivity contribution in [1.29, 1.82) is 5.26 Å². The fourth-order valence-electron chi connectivity index (χ4n) is 2.69. The van der Waals surface area contributed by atoms with E-state index in [0.29, 0.717) is 33.8 Å². The molecule has 2 aromatic carbocycles. The Morgan fingerprint density at radius 2 is 1.87 bits per heavy atom. The molecule has 7 nitrogen and oxygen atoms in total. The second kappa shape index (κ2) is 11.2. The number of esters is 1. The average Bonchev–Trinajstić information content (AvgIpc) is 2.74. The summed E-state index contributed by atoms with van der Waals surface area (Å²) < 4.78 is 16.2. The lowest BCUT2D eigenvalue weighted by Crippen LogP contribution is -2.14. The van der Waals surface area contributed by atoms with Crippen LogP contribution >= 0.6 is 15.9 Å². The van der Waals surface area contributed by atoms with Crippen LogP contribution in [0.4, 0.5) is 5.69 Å². The summed E-state index contributed by atoms with van der Waals surface area (Å²) in [5.41, 5.74) is 3.08. The van der Waals surface area contributed by atoms with Gasteiger partial charge in [0, 0.05) is 10.2 Å². The number of ether oxygens (including phenoxy) is 3. The maximum atomic E-state index is 12.7. The average molecular weight is 487 g/mol. The second-order valence-electron chi connectivity index (χ2n) is 6.56. The van der Waals surface area contributed by atoms with Crippen LogP contribution in [0.1, 0.15) is 23.6 Å². The smallest absolute Gasteiger partial charge is 0.343 e. The first kappa shape index (κ1) is 24.0. The Morgan fingerprint density at radius 1 is 1.16 bits per heavy atom. The van der Waals surface area contributed by atoms with Gasteiger partial charge in [0.05, 0.1) is 13.7 Å². The Balaban J connectivity index is 2.33. The van der Waals surface area contributed by atoms with Gasteiger partial charge >= 0.3 is 5.97 Å². The normalized spacial score (nSPS) is 10.8. The Hall–Kier alpha value is -3.31. The van der Waals surface area contributed by atoms with Crippen molar-refractivity contribution in [2.75, 3.05) is 25.6 Å². The monoisotopic (exact) mass is 486 g/mol. The van der Waals surface area contributed by atoms with Crippen molar-refractivity contribution < 1.29 is 23.8 Å². The van der Waals surface area contributed by atoms with Crippen molar-refractivity contribution in [3.05, 3.63) is 57.1 Å². The van der Waals surface area contributed by atoms with Crippen LogP contribution in [0, 0.1) is 25.2 Å². The molecule has 0 aromatic heterocycles. The molecule has 1 amide bonds. The number of hydrogen-bond donors (Lipinski definition) is 1. The number of carbonyl (C=O) groups is 2. The molecule has 0 atom stereocenters. The Bertz CT molecular complexity index is 1060. The van der Waals surface area contributed by atoms with E-state index in [1.807, 2.05) is 32.0 Å². The molecule has 0 aliphatic heterocycles. The van der Waals surface area contributed by atoms with Gasteiger partial charge < -0.3 is 19.5 Å². The molecule has 0 heterocycles. The highest BCUT2D eigenvalue weighted by Gasteiger charge is 2.15. The van der Waals surface area contributed by atoms with Crippen molar-refractivity contribution in [2.24, 2.45) is 0 Å². The lowest BCUT2D eigenvalue weighted by atomic mass is 10.1. The number of amides is 1. The molecule has 0 radical (unpaired) electrons. The number of nitriles is 1. The van der Waals surface area contributed by atoms with Gasteiger partial charge in [-0.05, 0) is 56.2 Å². The van der Waals surface area contributed by atoms with E-state index in [2.05, 4.69) is 26.0 Å². The van der Waals surface area contributed by atoms with E-state index in [0.717, 1.165) is 11.1 Å². The minimum Gasteiger partial charge on any atom is -0.490 e. The van der Waals surface area contributed by atoms with Gasteiger partial charge in [0.2, 0.25) is 0 Å². The van der Waals surface area contributed by atoms with E-state index >= 15 is 0 Å². The standard InChI is InChI=1S/C23H23BrN2O5/c1-5-30-20-10-16(18(24)11-21(20)31-13-22(27)29-4)9-17(12-25)23(28)26-19-7-6-14(2)8-15(19)3/h6-11H,5,13H2,1-4H3,(H,26,28)/b17-9+. The van der Waals surface area contributed by atoms with Crippen molar-refractivity contribution in [3.63, 3.8) is 0 Å². The lowest BCUT2D eigenvalue weighted by Gasteiger charge is -2.14. The molecule has 8 heteroatoms.